The third-order valence-electron chi connectivity index (χ3n) is 4.00. The molecule has 0 heterocycles. The number of rotatable bonds is 5. The Labute approximate surface area is 140 Å². The van der Waals surface area contributed by atoms with Crippen molar-refractivity contribution < 1.29 is 13.9 Å². The Morgan fingerprint density at radius 3 is 2.74 bits per heavy atom. The summed E-state index contributed by atoms with van der Waals surface area (Å²) in [6.45, 7) is 5.76. The first kappa shape index (κ1) is 17.6. The van der Waals surface area contributed by atoms with E-state index < -0.39 is 11.2 Å². The molecule has 1 atom stereocenters. The lowest BCUT2D eigenvalue weighted by Crippen LogP contribution is -2.55. The number of nitrogens with zero attached hydrogens (tertiary/aromatic N) is 1. The van der Waals surface area contributed by atoms with Crippen molar-refractivity contribution >= 4 is 17.5 Å². The zero-order chi connectivity index (χ0) is 17.3. The number of hydrogen-bond acceptors (Lipinski definition) is 3. The summed E-state index contributed by atoms with van der Waals surface area (Å²) in [7, 11) is 0. The quantitative estimate of drug-likeness (QED) is 0.837. The van der Waals surface area contributed by atoms with Crippen molar-refractivity contribution in [2.24, 2.45) is 5.41 Å². The number of benzene rings is 1. The van der Waals surface area contributed by atoms with Gasteiger partial charge in [0.2, 0.25) is 5.91 Å². The van der Waals surface area contributed by atoms with Gasteiger partial charge in [-0.25, -0.2) is 4.39 Å². The highest BCUT2D eigenvalue weighted by molar-refractivity contribution is 6.25. The van der Waals surface area contributed by atoms with Gasteiger partial charge >= 0.3 is 0 Å². The van der Waals surface area contributed by atoms with Crippen LogP contribution >= 0.6 is 11.6 Å². The molecule has 0 aromatic heterocycles. The first-order chi connectivity index (χ1) is 10.6. The van der Waals surface area contributed by atoms with Gasteiger partial charge in [0.05, 0.1) is 11.6 Å². The van der Waals surface area contributed by atoms with Crippen LogP contribution in [-0.4, -0.2) is 23.4 Å². The van der Waals surface area contributed by atoms with E-state index in [9.17, 15) is 9.18 Å². The average Bonchev–Trinajstić information content (AvgIpc) is 2.43. The summed E-state index contributed by atoms with van der Waals surface area (Å²) in [4.78, 5) is 12.0. The Balaban J connectivity index is 1.89. The Hall–Kier alpha value is -1.80. The number of carbonyl (C=O) groups is 1. The second-order valence-electron chi connectivity index (χ2n) is 6.77. The topological polar surface area (TPSA) is 62.1 Å². The zero-order valence-electron chi connectivity index (χ0n) is 13.5. The molecule has 1 unspecified atom stereocenters. The van der Waals surface area contributed by atoms with Crippen LogP contribution in [-0.2, 0) is 4.79 Å². The third kappa shape index (κ3) is 4.14. The summed E-state index contributed by atoms with van der Waals surface area (Å²) in [6, 6.07) is 5.42. The van der Waals surface area contributed by atoms with Crippen molar-refractivity contribution in [1.82, 2.24) is 5.32 Å². The van der Waals surface area contributed by atoms with E-state index in [-0.39, 0.29) is 34.7 Å². The van der Waals surface area contributed by atoms with Crippen LogP contribution in [0.1, 0.15) is 39.2 Å². The molecule has 4 nitrogen and oxygen atoms in total. The van der Waals surface area contributed by atoms with E-state index >= 15 is 0 Å². The zero-order valence-corrected chi connectivity index (χ0v) is 14.2. The molecule has 1 aliphatic carbocycles. The minimum absolute atomic E-state index is 0.0635. The molecule has 0 saturated heterocycles. The van der Waals surface area contributed by atoms with Crippen molar-refractivity contribution in [3.63, 3.8) is 0 Å². The summed E-state index contributed by atoms with van der Waals surface area (Å²) < 4.78 is 18.7. The fraction of sp³-hybridized carbons (Fsp3) is 0.529. The molecule has 0 bridgehead atoms. The average molecular weight is 339 g/mol. The van der Waals surface area contributed by atoms with Gasteiger partial charge < -0.3 is 10.1 Å². The number of alkyl halides is 1. The number of nitrogens with one attached hydrogen (secondary N) is 1. The minimum atomic E-state index is -0.473. The molecule has 1 fully saturated rings. The predicted octanol–water partition coefficient (Wildman–Crippen LogP) is 3.38. The van der Waals surface area contributed by atoms with Crippen molar-refractivity contribution in [1.29, 1.82) is 5.26 Å². The molecule has 1 saturated carbocycles. The molecule has 0 radical (unpaired) electrons. The minimum Gasteiger partial charge on any atom is -0.490 e. The van der Waals surface area contributed by atoms with E-state index in [1.807, 2.05) is 19.9 Å². The highest BCUT2D eigenvalue weighted by atomic mass is 35.5. The lowest BCUT2D eigenvalue weighted by molar-refractivity contribution is -0.137. The van der Waals surface area contributed by atoms with Crippen molar-refractivity contribution in [2.45, 2.75) is 44.5 Å². The number of carbonyl (C=O) groups excluding carboxylic acids is 1. The molecular weight excluding hydrogens is 319 g/mol. The first-order valence-electron chi connectivity index (χ1n) is 7.48. The third-order valence-corrected chi connectivity index (χ3v) is 4.26. The Morgan fingerprint density at radius 1 is 1.52 bits per heavy atom. The van der Waals surface area contributed by atoms with Crippen LogP contribution in [0.25, 0.3) is 0 Å². The van der Waals surface area contributed by atoms with Crippen molar-refractivity contribution in [2.75, 3.05) is 6.61 Å². The monoisotopic (exact) mass is 338 g/mol. The van der Waals surface area contributed by atoms with E-state index in [0.717, 1.165) is 0 Å². The Kier molecular flexibility index (Phi) is 4.86. The Morgan fingerprint density at radius 2 is 2.17 bits per heavy atom. The maximum atomic E-state index is 13.2. The number of nitriles is 1. The molecule has 0 aliphatic heterocycles. The van der Waals surface area contributed by atoms with Gasteiger partial charge in [-0.15, -0.1) is 11.6 Å². The van der Waals surface area contributed by atoms with Gasteiger partial charge in [-0.1, -0.05) is 6.92 Å². The molecule has 0 spiro atoms. The van der Waals surface area contributed by atoms with Crippen LogP contribution < -0.4 is 10.1 Å². The van der Waals surface area contributed by atoms with Gasteiger partial charge in [0, 0.05) is 16.4 Å². The van der Waals surface area contributed by atoms with Crippen LogP contribution in [0, 0.1) is 22.6 Å². The molecule has 1 amide bonds. The largest absolute Gasteiger partial charge is 0.490 e. The van der Waals surface area contributed by atoms with Gasteiger partial charge in [-0.05, 0) is 38.8 Å². The predicted molar refractivity (Wildman–Crippen MR) is 85.8 cm³/mol. The molecular formula is C17H20ClFN2O2. The maximum absolute atomic E-state index is 13.2. The Bertz CT molecular complexity index is 646. The van der Waals surface area contributed by atoms with E-state index in [4.69, 9.17) is 21.6 Å². The van der Waals surface area contributed by atoms with Crippen molar-refractivity contribution in [3.8, 4) is 11.8 Å². The van der Waals surface area contributed by atoms with Gasteiger partial charge in [0.15, 0.2) is 0 Å². The fourth-order valence-electron chi connectivity index (χ4n) is 3.10. The fourth-order valence-corrected chi connectivity index (χ4v) is 3.69. The summed E-state index contributed by atoms with van der Waals surface area (Å²) in [6.07, 6.45) is 1.26. The van der Waals surface area contributed by atoms with Gasteiger partial charge in [-0.3, -0.25) is 4.79 Å². The molecule has 2 rings (SSSR count). The van der Waals surface area contributed by atoms with Crippen LogP contribution in [0.3, 0.4) is 0 Å². The lowest BCUT2D eigenvalue weighted by Gasteiger charge is -2.48. The highest BCUT2D eigenvalue weighted by Crippen LogP contribution is 2.52. The smallest absolute Gasteiger partial charge is 0.226 e. The second kappa shape index (κ2) is 6.37. The number of hydrogen-bond donors (Lipinski definition) is 1. The van der Waals surface area contributed by atoms with E-state index in [0.29, 0.717) is 12.8 Å². The number of halogens is 2. The molecule has 1 N–H and O–H groups in total. The number of amides is 1. The van der Waals surface area contributed by atoms with Crippen LogP contribution in [0.15, 0.2) is 18.2 Å². The maximum Gasteiger partial charge on any atom is 0.226 e. The van der Waals surface area contributed by atoms with Crippen LogP contribution in [0.4, 0.5) is 4.39 Å². The van der Waals surface area contributed by atoms with Crippen LogP contribution in [0.2, 0.25) is 0 Å². The van der Waals surface area contributed by atoms with E-state index in [1.54, 1.807) is 6.92 Å². The van der Waals surface area contributed by atoms with Gasteiger partial charge in [0.1, 0.15) is 24.2 Å². The summed E-state index contributed by atoms with van der Waals surface area (Å²) in [5.41, 5.74) is -0.199. The molecule has 124 valence electrons. The molecule has 1 aromatic carbocycles. The molecule has 1 aliphatic rings. The summed E-state index contributed by atoms with van der Waals surface area (Å²) in [5, 5.41) is 11.9. The second-order valence-corrected chi connectivity index (χ2v) is 7.68. The molecule has 23 heavy (non-hydrogen) atoms. The lowest BCUT2D eigenvalue weighted by atomic mass is 9.62. The SMILES string of the molecule is CC(COc1cc(F)ccc1C#N)NC(=O)[C@]1(C)C[C@@](C)(Cl)C1. The van der Waals surface area contributed by atoms with E-state index in [1.165, 1.54) is 18.2 Å². The highest BCUT2D eigenvalue weighted by Gasteiger charge is 2.52. The van der Waals surface area contributed by atoms with Crippen molar-refractivity contribution in [3.05, 3.63) is 29.6 Å². The van der Waals surface area contributed by atoms with E-state index in [2.05, 4.69) is 5.32 Å². The first-order valence-corrected chi connectivity index (χ1v) is 7.85. The molecule has 6 heteroatoms. The van der Waals surface area contributed by atoms with Crippen LogP contribution in [0.5, 0.6) is 5.75 Å². The summed E-state index contributed by atoms with van der Waals surface area (Å²) >= 11 is 6.19. The standard InChI is InChI=1S/C17H20ClFN2O2/c1-11(21-15(22)16(2)9-17(3,18)10-16)8-23-14-6-13(19)5-4-12(14)7-20/h4-6,11H,8-10H2,1-3H3,(H,21,22)/t11?,16-,17-. The molecule has 1 aromatic rings. The summed E-state index contributed by atoms with van der Waals surface area (Å²) in [5.74, 6) is -0.359. The van der Waals surface area contributed by atoms with Gasteiger partial charge in [0.25, 0.3) is 0 Å². The van der Waals surface area contributed by atoms with Gasteiger partial charge in [-0.2, -0.15) is 5.26 Å². The number of ether oxygens (including phenoxy) is 1. The normalized spacial score (nSPS) is 27.5.